The van der Waals surface area contributed by atoms with Gasteiger partial charge in [0.1, 0.15) is 5.82 Å². The van der Waals surface area contributed by atoms with Crippen LogP contribution in [0.4, 0.5) is 4.39 Å². The van der Waals surface area contributed by atoms with Gasteiger partial charge in [-0.2, -0.15) is 11.3 Å². The normalized spacial score (nSPS) is 11.5. The Morgan fingerprint density at radius 3 is 2.81 bits per heavy atom. The van der Waals surface area contributed by atoms with E-state index in [9.17, 15) is 4.39 Å². The molecule has 2 rings (SSSR count). The van der Waals surface area contributed by atoms with Crippen molar-refractivity contribution in [3.05, 3.63) is 57.0 Å². The van der Waals surface area contributed by atoms with E-state index >= 15 is 0 Å². The van der Waals surface area contributed by atoms with Gasteiger partial charge in [0.2, 0.25) is 0 Å². The summed E-state index contributed by atoms with van der Waals surface area (Å²) < 4.78 is 13.1. The Balaban J connectivity index is 1.95. The van der Waals surface area contributed by atoms with E-state index < -0.39 is 5.82 Å². The van der Waals surface area contributed by atoms with E-state index in [1.54, 1.807) is 23.5 Å². The van der Waals surface area contributed by atoms with Gasteiger partial charge in [0.25, 0.3) is 0 Å². The highest BCUT2D eigenvalue weighted by molar-refractivity contribution is 7.07. The summed E-state index contributed by atoms with van der Waals surface area (Å²) in [6, 6.07) is 6.75. The van der Waals surface area contributed by atoms with Gasteiger partial charge in [0, 0.05) is 13.1 Å². The zero-order valence-corrected chi connectivity index (χ0v) is 13.3. The summed E-state index contributed by atoms with van der Waals surface area (Å²) >= 11 is 7.43. The molecule has 112 valence electrons. The van der Waals surface area contributed by atoms with Crippen LogP contribution in [0.3, 0.4) is 0 Å². The Hall–Kier alpha value is -1.59. The van der Waals surface area contributed by atoms with E-state index in [4.69, 9.17) is 11.6 Å². The maximum Gasteiger partial charge on any atom is 0.191 e. The topological polar surface area (TPSA) is 36.4 Å². The van der Waals surface area contributed by atoms with E-state index in [0.29, 0.717) is 13.1 Å². The first-order valence-electron chi connectivity index (χ1n) is 6.66. The van der Waals surface area contributed by atoms with Crippen molar-refractivity contribution in [1.82, 2.24) is 10.6 Å². The number of nitrogens with one attached hydrogen (secondary N) is 2. The predicted molar refractivity (Wildman–Crippen MR) is 87.4 cm³/mol. The number of nitrogens with zero attached hydrogens (tertiary/aromatic N) is 1. The highest BCUT2D eigenvalue weighted by atomic mass is 35.5. The minimum absolute atomic E-state index is 0.134. The van der Waals surface area contributed by atoms with Crippen LogP contribution in [0.25, 0.3) is 0 Å². The second kappa shape index (κ2) is 8.00. The number of halogens is 2. The Kier molecular flexibility index (Phi) is 6.02. The molecule has 0 saturated heterocycles. The third-order valence-electron chi connectivity index (χ3n) is 2.79. The molecule has 3 nitrogen and oxygen atoms in total. The molecule has 21 heavy (non-hydrogen) atoms. The van der Waals surface area contributed by atoms with Crippen molar-refractivity contribution in [2.45, 2.75) is 20.0 Å². The molecule has 0 aliphatic carbocycles. The first kappa shape index (κ1) is 15.8. The van der Waals surface area contributed by atoms with E-state index in [0.717, 1.165) is 18.1 Å². The number of guanidine groups is 1. The van der Waals surface area contributed by atoms with Crippen LogP contribution in [-0.4, -0.2) is 12.5 Å². The molecule has 0 atom stereocenters. The average molecular weight is 326 g/mol. The fourth-order valence-corrected chi connectivity index (χ4v) is 2.59. The van der Waals surface area contributed by atoms with E-state index in [2.05, 4.69) is 27.1 Å². The van der Waals surface area contributed by atoms with Crippen LogP contribution in [0, 0.1) is 5.82 Å². The summed E-state index contributed by atoms with van der Waals surface area (Å²) in [5.41, 5.74) is 2.09. The first-order valence-corrected chi connectivity index (χ1v) is 7.98. The SMILES string of the molecule is CCNC(=NCc1ccsc1)NCc1ccc(F)c(Cl)c1. The zero-order valence-electron chi connectivity index (χ0n) is 11.7. The molecule has 0 aliphatic heterocycles. The van der Waals surface area contributed by atoms with Crippen LogP contribution in [0.1, 0.15) is 18.1 Å². The molecule has 2 N–H and O–H groups in total. The summed E-state index contributed by atoms with van der Waals surface area (Å²) in [7, 11) is 0. The summed E-state index contributed by atoms with van der Waals surface area (Å²) in [5.74, 6) is 0.322. The second-order valence-electron chi connectivity index (χ2n) is 4.43. The molecule has 0 unspecified atom stereocenters. The van der Waals surface area contributed by atoms with Crippen molar-refractivity contribution in [1.29, 1.82) is 0 Å². The van der Waals surface area contributed by atoms with Crippen molar-refractivity contribution in [2.75, 3.05) is 6.54 Å². The molecule has 1 aromatic heterocycles. The maximum atomic E-state index is 13.1. The van der Waals surface area contributed by atoms with Gasteiger partial charge in [-0.15, -0.1) is 0 Å². The van der Waals surface area contributed by atoms with Gasteiger partial charge in [-0.3, -0.25) is 0 Å². The lowest BCUT2D eigenvalue weighted by atomic mass is 10.2. The Morgan fingerprint density at radius 1 is 1.29 bits per heavy atom. The van der Waals surface area contributed by atoms with E-state index in [1.807, 2.05) is 12.3 Å². The number of rotatable bonds is 5. The first-order chi connectivity index (χ1) is 10.2. The Bertz CT molecular complexity index is 599. The molecule has 0 saturated carbocycles. The Labute approximate surface area is 132 Å². The van der Waals surface area contributed by atoms with Crippen molar-refractivity contribution in [3.8, 4) is 0 Å². The molecule has 1 aromatic carbocycles. The van der Waals surface area contributed by atoms with Crippen molar-refractivity contribution >= 4 is 28.9 Å². The number of hydrogen-bond donors (Lipinski definition) is 2. The quantitative estimate of drug-likeness (QED) is 0.648. The van der Waals surface area contributed by atoms with Crippen LogP contribution in [0.5, 0.6) is 0 Å². The second-order valence-corrected chi connectivity index (χ2v) is 5.62. The van der Waals surface area contributed by atoms with Crippen LogP contribution < -0.4 is 10.6 Å². The average Bonchev–Trinajstić information content (AvgIpc) is 2.99. The van der Waals surface area contributed by atoms with Crippen LogP contribution in [0.15, 0.2) is 40.0 Å². The molecular formula is C15H17ClFN3S. The van der Waals surface area contributed by atoms with E-state index in [1.165, 1.54) is 11.6 Å². The van der Waals surface area contributed by atoms with Gasteiger partial charge in [-0.25, -0.2) is 9.38 Å². The summed E-state index contributed by atoms with van der Waals surface area (Å²) in [6.07, 6.45) is 0. The number of benzene rings is 1. The van der Waals surface area contributed by atoms with Crippen LogP contribution >= 0.6 is 22.9 Å². The molecule has 0 aliphatic rings. The summed E-state index contributed by atoms with van der Waals surface area (Å²) in [4.78, 5) is 4.51. The number of aliphatic imine (C=N–C) groups is 1. The maximum absolute atomic E-state index is 13.1. The number of hydrogen-bond acceptors (Lipinski definition) is 2. The van der Waals surface area contributed by atoms with Crippen LogP contribution in [-0.2, 0) is 13.1 Å². The van der Waals surface area contributed by atoms with Crippen molar-refractivity contribution in [3.63, 3.8) is 0 Å². The Morgan fingerprint density at radius 2 is 2.14 bits per heavy atom. The van der Waals surface area contributed by atoms with Gasteiger partial charge in [0.15, 0.2) is 5.96 Å². The largest absolute Gasteiger partial charge is 0.357 e. The van der Waals surface area contributed by atoms with E-state index in [-0.39, 0.29) is 5.02 Å². The molecule has 0 fully saturated rings. The minimum Gasteiger partial charge on any atom is -0.357 e. The summed E-state index contributed by atoms with van der Waals surface area (Å²) in [6.45, 7) is 3.95. The molecule has 0 amide bonds. The number of thiophene rings is 1. The highest BCUT2D eigenvalue weighted by Crippen LogP contribution is 2.15. The molecule has 6 heteroatoms. The fourth-order valence-electron chi connectivity index (χ4n) is 1.73. The predicted octanol–water partition coefficient (Wildman–Crippen LogP) is 3.80. The highest BCUT2D eigenvalue weighted by Gasteiger charge is 2.02. The molecule has 2 aromatic rings. The van der Waals surface area contributed by atoms with Crippen molar-refractivity contribution in [2.24, 2.45) is 4.99 Å². The molecule has 0 radical (unpaired) electrons. The van der Waals surface area contributed by atoms with Crippen molar-refractivity contribution < 1.29 is 4.39 Å². The monoisotopic (exact) mass is 325 g/mol. The molecule has 0 spiro atoms. The lowest BCUT2D eigenvalue weighted by molar-refractivity contribution is 0.627. The standard InChI is InChI=1S/C15H17ClFN3S/c1-2-18-15(20-9-12-5-6-21-10-12)19-8-11-3-4-14(17)13(16)7-11/h3-7,10H,2,8-9H2,1H3,(H2,18,19,20). The van der Waals surface area contributed by atoms with Gasteiger partial charge in [0.05, 0.1) is 11.6 Å². The molecule has 1 heterocycles. The summed E-state index contributed by atoms with van der Waals surface area (Å²) in [5, 5.41) is 10.6. The lowest BCUT2D eigenvalue weighted by Crippen LogP contribution is -2.36. The molecule has 0 bridgehead atoms. The third kappa shape index (κ3) is 5.02. The third-order valence-corrected chi connectivity index (χ3v) is 3.81. The zero-order chi connectivity index (χ0) is 15.1. The molecular weight excluding hydrogens is 309 g/mol. The minimum atomic E-state index is -0.404. The van der Waals surface area contributed by atoms with Gasteiger partial charge >= 0.3 is 0 Å². The van der Waals surface area contributed by atoms with Gasteiger partial charge in [-0.05, 0) is 47.0 Å². The lowest BCUT2D eigenvalue weighted by Gasteiger charge is -2.11. The smallest absolute Gasteiger partial charge is 0.191 e. The van der Waals surface area contributed by atoms with Gasteiger partial charge < -0.3 is 10.6 Å². The fraction of sp³-hybridized carbons (Fsp3) is 0.267. The van der Waals surface area contributed by atoms with Crippen LogP contribution in [0.2, 0.25) is 5.02 Å². The van der Waals surface area contributed by atoms with Gasteiger partial charge in [-0.1, -0.05) is 17.7 Å².